The third-order valence-electron chi connectivity index (χ3n) is 4.54. The van der Waals surface area contributed by atoms with Gasteiger partial charge in [-0.25, -0.2) is 4.39 Å². The van der Waals surface area contributed by atoms with Gasteiger partial charge in [0.25, 0.3) is 5.91 Å². The number of pyridine rings is 1. The number of methoxy groups -OCH3 is 1. The molecule has 3 rings (SSSR count). The molecule has 144 valence electrons. The molecule has 2 heterocycles. The molecule has 1 aliphatic rings. The number of aliphatic hydroxyl groups is 1. The smallest absolute Gasteiger partial charge is 0.259 e. The second kappa shape index (κ2) is 7.14. The van der Waals surface area contributed by atoms with Crippen molar-refractivity contribution in [3.63, 3.8) is 0 Å². The Balaban J connectivity index is 2.11. The van der Waals surface area contributed by atoms with E-state index >= 15 is 4.39 Å². The zero-order chi connectivity index (χ0) is 20.6. The number of amides is 1. The molecule has 0 atom stereocenters. The second-order valence-corrected chi connectivity index (χ2v) is 6.94. The zero-order valence-electron chi connectivity index (χ0n) is 15.4. The predicted octanol–water partition coefficient (Wildman–Crippen LogP) is 2.51. The van der Waals surface area contributed by atoms with Crippen LogP contribution in [0.1, 0.15) is 25.1 Å². The number of nitrogens with zero attached hydrogens (tertiary/aromatic N) is 4. The molecule has 28 heavy (non-hydrogen) atoms. The fourth-order valence-corrected chi connectivity index (χ4v) is 3.60. The van der Waals surface area contributed by atoms with Crippen molar-refractivity contribution in [3.8, 4) is 11.8 Å². The summed E-state index contributed by atoms with van der Waals surface area (Å²) in [5.74, 6) is -1.53. The van der Waals surface area contributed by atoms with E-state index in [4.69, 9.17) is 27.3 Å². The number of rotatable bonds is 4. The summed E-state index contributed by atoms with van der Waals surface area (Å²) in [4.78, 5) is 19.9. The van der Waals surface area contributed by atoms with Crippen molar-refractivity contribution in [1.82, 2.24) is 4.98 Å². The highest BCUT2D eigenvalue weighted by Gasteiger charge is 2.51. The van der Waals surface area contributed by atoms with E-state index in [-0.39, 0.29) is 28.7 Å². The summed E-state index contributed by atoms with van der Waals surface area (Å²) < 4.78 is 20.0. The average molecular weight is 400 g/mol. The van der Waals surface area contributed by atoms with Gasteiger partial charge in [-0.05, 0) is 50.3 Å². The molecule has 0 saturated carbocycles. The normalized spacial score (nSPS) is 15.7. The van der Waals surface area contributed by atoms with Gasteiger partial charge in [-0.1, -0.05) is 0 Å². The number of hydrogen-bond acceptors (Lipinski definition) is 6. The van der Waals surface area contributed by atoms with Crippen LogP contribution in [-0.2, 0) is 11.4 Å². The first-order valence-electron chi connectivity index (χ1n) is 8.29. The lowest BCUT2D eigenvalue weighted by Crippen LogP contribution is -2.44. The lowest BCUT2D eigenvalue weighted by Gasteiger charge is -2.29. The SMILES string of the molecule is COc1c(C#N)ccc(N2C(=O)C(C)(C)N(c3ccc(CO)nc3)C2=S)c1F. The standard InChI is InChI=1S/C19H17FN4O3S/c1-19(2)17(26)23(14-7-4-11(8-21)16(27-3)15(14)20)18(28)24(19)13-6-5-12(10-25)22-9-13/h4-7,9,25H,10H2,1-3H3. The molecule has 0 unspecified atom stereocenters. The van der Waals surface area contributed by atoms with Crippen molar-refractivity contribution >= 4 is 34.6 Å². The monoisotopic (exact) mass is 400 g/mol. The highest BCUT2D eigenvalue weighted by molar-refractivity contribution is 7.81. The molecular weight excluding hydrogens is 383 g/mol. The maximum Gasteiger partial charge on any atom is 0.259 e. The van der Waals surface area contributed by atoms with Crippen molar-refractivity contribution in [2.45, 2.75) is 26.0 Å². The van der Waals surface area contributed by atoms with Crippen LogP contribution < -0.4 is 14.5 Å². The minimum Gasteiger partial charge on any atom is -0.492 e. The lowest BCUT2D eigenvalue weighted by atomic mass is 10.0. The van der Waals surface area contributed by atoms with E-state index in [0.717, 1.165) is 4.90 Å². The lowest BCUT2D eigenvalue weighted by molar-refractivity contribution is -0.120. The number of nitriles is 1. The number of carbonyl (C=O) groups is 1. The zero-order valence-corrected chi connectivity index (χ0v) is 16.2. The van der Waals surface area contributed by atoms with Gasteiger partial charge in [0.15, 0.2) is 16.7 Å². The fraction of sp³-hybridized carbons (Fsp3) is 0.263. The number of halogens is 1. The first-order chi connectivity index (χ1) is 13.3. The van der Waals surface area contributed by atoms with Gasteiger partial charge in [0.2, 0.25) is 0 Å². The van der Waals surface area contributed by atoms with Gasteiger partial charge in [0.05, 0.1) is 42.5 Å². The molecule has 1 fully saturated rings. The molecule has 7 nitrogen and oxygen atoms in total. The van der Waals surface area contributed by atoms with Gasteiger partial charge in [0, 0.05) is 0 Å². The first kappa shape index (κ1) is 19.7. The molecular formula is C19H17FN4O3S. The summed E-state index contributed by atoms with van der Waals surface area (Å²) in [7, 11) is 1.25. The Hall–Kier alpha value is -3.09. The first-order valence-corrected chi connectivity index (χ1v) is 8.69. The summed E-state index contributed by atoms with van der Waals surface area (Å²) in [6.07, 6.45) is 1.49. The topological polar surface area (TPSA) is 89.7 Å². The maximum absolute atomic E-state index is 15.0. The molecule has 0 bridgehead atoms. The van der Waals surface area contributed by atoms with Crippen LogP contribution in [0.2, 0.25) is 0 Å². The number of thiocarbonyl (C=S) groups is 1. The van der Waals surface area contributed by atoms with Crippen molar-refractivity contribution in [1.29, 1.82) is 5.26 Å². The highest BCUT2D eigenvalue weighted by Crippen LogP contribution is 2.39. The van der Waals surface area contributed by atoms with E-state index in [1.807, 2.05) is 6.07 Å². The Bertz CT molecular complexity index is 1000. The van der Waals surface area contributed by atoms with E-state index in [1.54, 1.807) is 30.9 Å². The summed E-state index contributed by atoms with van der Waals surface area (Å²) >= 11 is 5.49. The molecule has 1 aliphatic heterocycles. The van der Waals surface area contributed by atoms with Crippen LogP contribution in [0.4, 0.5) is 15.8 Å². The highest BCUT2D eigenvalue weighted by atomic mass is 32.1. The number of aliphatic hydroxyl groups excluding tert-OH is 1. The largest absolute Gasteiger partial charge is 0.492 e. The van der Waals surface area contributed by atoms with E-state index in [1.165, 1.54) is 25.4 Å². The van der Waals surface area contributed by atoms with Crippen molar-refractivity contribution in [3.05, 3.63) is 47.5 Å². The molecule has 1 aromatic carbocycles. The van der Waals surface area contributed by atoms with E-state index in [9.17, 15) is 4.79 Å². The third kappa shape index (κ3) is 2.87. The van der Waals surface area contributed by atoms with Crippen LogP contribution in [0.3, 0.4) is 0 Å². The second-order valence-electron chi connectivity index (χ2n) is 6.57. The quantitative estimate of drug-likeness (QED) is 0.789. The molecule has 1 amide bonds. The fourth-order valence-electron chi connectivity index (χ4n) is 3.09. The van der Waals surface area contributed by atoms with Crippen molar-refractivity contribution < 1.29 is 19.0 Å². The van der Waals surface area contributed by atoms with E-state index in [2.05, 4.69) is 4.98 Å². The number of anilines is 2. The Morgan fingerprint density at radius 3 is 2.61 bits per heavy atom. The summed E-state index contributed by atoms with van der Waals surface area (Å²) in [6.45, 7) is 3.12. The van der Waals surface area contributed by atoms with Gasteiger partial charge in [-0.2, -0.15) is 5.26 Å². The predicted molar refractivity (Wildman–Crippen MR) is 104 cm³/mol. The molecule has 0 spiro atoms. The molecule has 1 aromatic heterocycles. The van der Waals surface area contributed by atoms with Crippen LogP contribution in [0.25, 0.3) is 0 Å². The number of ether oxygens (including phenoxy) is 1. The van der Waals surface area contributed by atoms with Crippen LogP contribution in [0, 0.1) is 17.1 Å². The van der Waals surface area contributed by atoms with Crippen LogP contribution in [-0.4, -0.2) is 33.8 Å². The van der Waals surface area contributed by atoms with E-state index < -0.39 is 17.3 Å². The molecule has 1 saturated heterocycles. The van der Waals surface area contributed by atoms with Crippen LogP contribution in [0.5, 0.6) is 5.75 Å². The number of aromatic nitrogens is 1. The summed E-state index contributed by atoms with van der Waals surface area (Å²) in [6, 6.07) is 7.85. The maximum atomic E-state index is 15.0. The molecule has 1 N–H and O–H groups in total. The van der Waals surface area contributed by atoms with Gasteiger partial charge >= 0.3 is 0 Å². The van der Waals surface area contributed by atoms with Gasteiger partial charge < -0.3 is 14.7 Å². The van der Waals surface area contributed by atoms with Crippen molar-refractivity contribution in [2.24, 2.45) is 0 Å². The minimum absolute atomic E-state index is 0.0150. The van der Waals surface area contributed by atoms with Crippen molar-refractivity contribution in [2.75, 3.05) is 16.9 Å². The van der Waals surface area contributed by atoms with Crippen LogP contribution in [0.15, 0.2) is 30.5 Å². The number of carbonyl (C=O) groups excluding carboxylic acids is 1. The Morgan fingerprint density at radius 1 is 1.36 bits per heavy atom. The third-order valence-corrected chi connectivity index (χ3v) is 4.90. The molecule has 9 heteroatoms. The van der Waals surface area contributed by atoms with E-state index in [0.29, 0.717) is 11.4 Å². The molecule has 2 aromatic rings. The Morgan fingerprint density at radius 2 is 2.07 bits per heavy atom. The number of hydrogen-bond donors (Lipinski definition) is 1. The minimum atomic E-state index is -1.10. The van der Waals surface area contributed by atoms with Crippen LogP contribution >= 0.6 is 12.2 Å². The van der Waals surface area contributed by atoms with Gasteiger partial charge in [0.1, 0.15) is 11.6 Å². The Kier molecular flexibility index (Phi) is 5.02. The molecule has 0 aliphatic carbocycles. The van der Waals surface area contributed by atoms with Gasteiger partial charge in [-0.15, -0.1) is 0 Å². The Labute approximate surface area is 166 Å². The summed E-state index contributed by atoms with van der Waals surface area (Å²) in [5, 5.41) is 18.3. The number of benzene rings is 1. The average Bonchev–Trinajstić information content (AvgIpc) is 2.86. The molecule has 0 radical (unpaired) electrons. The summed E-state index contributed by atoms with van der Waals surface area (Å²) in [5.41, 5.74) is -0.183. The van der Waals surface area contributed by atoms with Gasteiger partial charge in [-0.3, -0.25) is 14.7 Å².